The van der Waals surface area contributed by atoms with E-state index in [1.807, 2.05) is 85.6 Å². The summed E-state index contributed by atoms with van der Waals surface area (Å²) in [5.41, 5.74) is 5.63. The molecule has 1 saturated heterocycles. The van der Waals surface area contributed by atoms with Gasteiger partial charge >= 0.3 is 6.09 Å². The summed E-state index contributed by atoms with van der Waals surface area (Å²) in [5.74, 6) is 0. The standard InChI is InChI=1S/C30H25N7O2S/c38-30(39-20-21-6-2-1-3-7-21)36-14-12-35(13-15-36)27-18-33-29(40-27)22-16-32-28-25(17-34-37(28)19-22)23-10-11-31-26-9-5-4-8-24(23)26/h1-11,16-19H,12-15,20H2. The predicted molar refractivity (Wildman–Crippen MR) is 155 cm³/mol. The molecule has 1 aliphatic heterocycles. The third-order valence-electron chi connectivity index (χ3n) is 7.09. The number of pyridine rings is 1. The summed E-state index contributed by atoms with van der Waals surface area (Å²) in [6.45, 7) is 2.94. The summed E-state index contributed by atoms with van der Waals surface area (Å²) in [5, 5.41) is 7.61. The zero-order chi connectivity index (χ0) is 26.9. The number of carbonyl (C=O) groups is 1. The second kappa shape index (κ2) is 10.4. The lowest BCUT2D eigenvalue weighted by atomic mass is 10.0. The average Bonchev–Trinajstić information content (AvgIpc) is 3.68. The van der Waals surface area contributed by atoms with Crippen LogP contribution in [0.2, 0.25) is 0 Å². The van der Waals surface area contributed by atoms with Crippen LogP contribution in [-0.4, -0.2) is 61.7 Å². The number of aromatic nitrogens is 5. The number of benzene rings is 2. The summed E-state index contributed by atoms with van der Waals surface area (Å²) in [6, 6.07) is 19.8. The van der Waals surface area contributed by atoms with Gasteiger partial charge in [-0.25, -0.2) is 19.3 Å². The van der Waals surface area contributed by atoms with Gasteiger partial charge in [0, 0.05) is 61.3 Å². The maximum absolute atomic E-state index is 12.5. The van der Waals surface area contributed by atoms with Crippen molar-refractivity contribution in [1.82, 2.24) is 29.5 Å². The van der Waals surface area contributed by atoms with Crippen LogP contribution < -0.4 is 4.90 Å². The van der Waals surface area contributed by atoms with Gasteiger partial charge in [-0.05, 0) is 23.3 Å². The van der Waals surface area contributed by atoms with Crippen molar-refractivity contribution in [2.75, 3.05) is 31.1 Å². The number of para-hydroxylation sites is 1. The minimum atomic E-state index is -0.272. The summed E-state index contributed by atoms with van der Waals surface area (Å²) >= 11 is 1.61. The molecule has 40 heavy (non-hydrogen) atoms. The van der Waals surface area contributed by atoms with E-state index in [9.17, 15) is 4.79 Å². The van der Waals surface area contributed by atoms with Crippen LogP contribution >= 0.6 is 11.3 Å². The first-order valence-corrected chi connectivity index (χ1v) is 13.9. The summed E-state index contributed by atoms with van der Waals surface area (Å²) in [4.78, 5) is 30.5. The van der Waals surface area contributed by atoms with E-state index in [1.54, 1.807) is 20.8 Å². The Labute approximate surface area is 234 Å². The highest BCUT2D eigenvalue weighted by molar-refractivity contribution is 7.18. The van der Waals surface area contributed by atoms with Crippen LogP contribution in [0.3, 0.4) is 0 Å². The fraction of sp³-hybridized carbons (Fsp3) is 0.167. The molecule has 5 heterocycles. The lowest BCUT2D eigenvalue weighted by Crippen LogP contribution is -2.48. The molecule has 0 atom stereocenters. The van der Waals surface area contributed by atoms with E-state index in [1.165, 1.54) is 0 Å². The van der Waals surface area contributed by atoms with Gasteiger partial charge in [-0.2, -0.15) is 5.10 Å². The molecule has 0 spiro atoms. The number of fused-ring (bicyclic) bond motifs is 2. The van der Waals surface area contributed by atoms with Gasteiger partial charge in [0.25, 0.3) is 0 Å². The van der Waals surface area contributed by atoms with Crippen molar-refractivity contribution in [1.29, 1.82) is 0 Å². The third-order valence-corrected chi connectivity index (χ3v) is 8.20. The topological polar surface area (TPSA) is 88.8 Å². The number of anilines is 1. The number of carbonyl (C=O) groups excluding carboxylic acids is 1. The molecule has 2 aromatic carbocycles. The van der Waals surface area contributed by atoms with E-state index in [0.29, 0.717) is 13.1 Å². The molecule has 0 saturated carbocycles. The average molecular weight is 548 g/mol. The number of piperazine rings is 1. The molecule has 6 aromatic rings. The second-order valence-corrected chi connectivity index (χ2v) is 10.6. The second-order valence-electron chi connectivity index (χ2n) is 9.56. The van der Waals surface area contributed by atoms with Crippen LogP contribution in [0.1, 0.15) is 5.56 Å². The SMILES string of the molecule is O=C(OCc1ccccc1)N1CCN(c2cnc(-c3cnc4c(-c5ccnc6ccccc56)cnn4c3)s2)CC1. The molecule has 9 nitrogen and oxygen atoms in total. The number of hydrogen-bond acceptors (Lipinski definition) is 8. The third kappa shape index (κ3) is 4.62. The number of thiazole rings is 1. The van der Waals surface area contributed by atoms with Crippen molar-refractivity contribution in [2.24, 2.45) is 0 Å². The summed E-state index contributed by atoms with van der Waals surface area (Å²) < 4.78 is 7.30. The number of rotatable bonds is 5. The maximum Gasteiger partial charge on any atom is 0.410 e. The van der Waals surface area contributed by atoms with Crippen LogP contribution in [0.5, 0.6) is 0 Å². The van der Waals surface area contributed by atoms with Gasteiger partial charge in [-0.3, -0.25) is 4.98 Å². The zero-order valence-corrected chi connectivity index (χ0v) is 22.4. The van der Waals surface area contributed by atoms with Crippen LogP contribution in [0, 0.1) is 0 Å². The van der Waals surface area contributed by atoms with Gasteiger partial charge in [0.15, 0.2) is 5.65 Å². The fourth-order valence-corrected chi connectivity index (χ4v) is 5.91. The zero-order valence-electron chi connectivity index (χ0n) is 21.6. The predicted octanol–water partition coefficient (Wildman–Crippen LogP) is 5.53. The molecular weight excluding hydrogens is 522 g/mol. The molecule has 1 aliphatic rings. The van der Waals surface area contributed by atoms with E-state index in [2.05, 4.69) is 26.0 Å². The number of nitrogens with zero attached hydrogens (tertiary/aromatic N) is 7. The van der Waals surface area contributed by atoms with Gasteiger partial charge in [-0.1, -0.05) is 59.9 Å². The Kier molecular flexibility index (Phi) is 6.29. The number of ether oxygens (including phenoxy) is 1. The molecule has 0 bridgehead atoms. The van der Waals surface area contributed by atoms with Crippen molar-refractivity contribution in [3.8, 4) is 21.7 Å². The quantitative estimate of drug-likeness (QED) is 0.281. The fourth-order valence-electron chi connectivity index (χ4n) is 4.97. The van der Waals surface area contributed by atoms with Gasteiger partial charge < -0.3 is 14.5 Å². The Morgan fingerprint density at radius 3 is 2.55 bits per heavy atom. The van der Waals surface area contributed by atoms with E-state index in [4.69, 9.17) is 9.72 Å². The minimum Gasteiger partial charge on any atom is -0.445 e. The highest BCUT2D eigenvalue weighted by Gasteiger charge is 2.24. The molecule has 0 aliphatic carbocycles. The molecule has 1 amide bonds. The van der Waals surface area contributed by atoms with Crippen molar-refractivity contribution in [3.63, 3.8) is 0 Å². The molecule has 4 aromatic heterocycles. The Hall–Kier alpha value is -4.83. The smallest absolute Gasteiger partial charge is 0.410 e. The summed E-state index contributed by atoms with van der Waals surface area (Å²) in [6.07, 6.45) is 9.12. The normalized spacial score (nSPS) is 13.7. The Morgan fingerprint density at radius 1 is 0.850 bits per heavy atom. The Bertz CT molecular complexity index is 1800. The molecule has 0 radical (unpaired) electrons. The first kappa shape index (κ1) is 24.2. The molecule has 0 N–H and O–H groups in total. The van der Waals surface area contributed by atoms with Crippen LogP contribution in [0.25, 0.3) is 38.2 Å². The van der Waals surface area contributed by atoms with Crippen LogP contribution in [0.4, 0.5) is 9.80 Å². The largest absolute Gasteiger partial charge is 0.445 e. The molecule has 198 valence electrons. The lowest BCUT2D eigenvalue weighted by Gasteiger charge is -2.34. The Morgan fingerprint density at radius 2 is 1.68 bits per heavy atom. The van der Waals surface area contributed by atoms with E-state index >= 15 is 0 Å². The number of hydrogen-bond donors (Lipinski definition) is 0. The van der Waals surface area contributed by atoms with Gasteiger partial charge in [0.2, 0.25) is 0 Å². The molecule has 0 unspecified atom stereocenters. The minimum absolute atomic E-state index is 0.272. The monoisotopic (exact) mass is 547 g/mol. The highest BCUT2D eigenvalue weighted by Crippen LogP contribution is 2.33. The molecule has 1 fully saturated rings. The Balaban J connectivity index is 1.03. The van der Waals surface area contributed by atoms with Gasteiger partial charge in [-0.15, -0.1) is 0 Å². The van der Waals surface area contributed by atoms with E-state index in [-0.39, 0.29) is 12.7 Å². The maximum atomic E-state index is 12.5. The van der Waals surface area contributed by atoms with Crippen molar-refractivity contribution < 1.29 is 9.53 Å². The highest BCUT2D eigenvalue weighted by atomic mass is 32.1. The van der Waals surface area contributed by atoms with Crippen molar-refractivity contribution in [2.45, 2.75) is 6.61 Å². The van der Waals surface area contributed by atoms with Crippen molar-refractivity contribution >= 4 is 39.0 Å². The first-order valence-electron chi connectivity index (χ1n) is 13.1. The van der Waals surface area contributed by atoms with E-state index < -0.39 is 0 Å². The van der Waals surface area contributed by atoms with Crippen molar-refractivity contribution in [3.05, 3.63) is 97.2 Å². The molecular formula is C30H25N7O2S. The van der Waals surface area contributed by atoms with Crippen LogP contribution in [-0.2, 0) is 11.3 Å². The lowest BCUT2D eigenvalue weighted by molar-refractivity contribution is 0.0942. The first-order chi connectivity index (χ1) is 19.7. The van der Waals surface area contributed by atoms with Crippen LogP contribution in [0.15, 0.2) is 91.6 Å². The van der Waals surface area contributed by atoms with E-state index in [0.717, 1.165) is 61.9 Å². The number of amides is 1. The van der Waals surface area contributed by atoms with Gasteiger partial charge in [0.1, 0.15) is 16.6 Å². The summed E-state index contributed by atoms with van der Waals surface area (Å²) in [7, 11) is 0. The molecule has 7 rings (SSSR count). The molecule has 10 heteroatoms. The van der Waals surface area contributed by atoms with Gasteiger partial charge in [0.05, 0.1) is 17.9 Å².